The van der Waals surface area contributed by atoms with Gasteiger partial charge in [-0.1, -0.05) is 17.7 Å². The lowest BCUT2D eigenvalue weighted by atomic mass is 9.92. The summed E-state index contributed by atoms with van der Waals surface area (Å²) in [5, 5.41) is 0.540. The van der Waals surface area contributed by atoms with E-state index >= 15 is 0 Å². The van der Waals surface area contributed by atoms with Crippen LogP contribution >= 0.6 is 11.6 Å². The molecule has 3 aromatic rings. The second-order valence-corrected chi connectivity index (χ2v) is 10.1. The van der Waals surface area contributed by atoms with Gasteiger partial charge >= 0.3 is 0 Å². The molecule has 2 aliphatic rings. The first-order valence-corrected chi connectivity index (χ1v) is 12.7. The number of hydrogen-bond donors (Lipinski definition) is 1. The summed E-state index contributed by atoms with van der Waals surface area (Å²) in [5.74, 6) is 2.36. The normalized spacial score (nSPS) is 21.6. The molecule has 11 heteroatoms. The van der Waals surface area contributed by atoms with Crippen LogP contribution in [-0.2, 0) is 0 Å². The standard InChI is InChI=1S/C25H31ClN8O2/c1-16-3-4-23(35)34(13-16)22-15-33(14-21(22)27)25-30-11-20(12-31-25)36-17(2)18-5-7-32(8-6-18)24-28-9-19(26)10-29-24/h3-4,9-13,17-18,21-22H,5-8,14-15,27H2,1-2H3. The topological polar surface area (TPSA) is 115 Å². The van der Waals surface area contributed by atoms with Gasteiger partial charge in [0, 0.05) is 44.5 Å². The van der Waals surface area contributed by atoms with E-state index in [2.05, 4.69) is 31.8 Å². The molecule has 3 atom stereocenters. The first-order valence-electron chi connectivity index (χ1n) is 12.3. The molecule has 0 aromatic carbocycles. The Morgan fingerprint density at radius 1 is 1.00 bits per heavy atom. The number of anilines is 2. The van der Waals surface area contributed by atoms with Crippen LogP contribution in [0.4, 0.5) is 11.9 Å². The second kappa shape index (κ2) is 10.4. The summed E-state index contributed by atoms with van der Waals surface area (Å²) in [4.78, 5) is 34.3. The molecule has 0 radical (unpaired) electrons. The summed E-state index contributed by atoms with van der Waals surface area (Å²) >= 11 is 5.90. The number of aryl methyl sites for hydroxylation is 1. The van der Waals surface area contributed by atoms with Gasteiger partial charge in [-0.25, -0.2) is 19.9 Å². The van der Waals surface area contributed by atoms with Crippen molar-refractivity contribution in [3.05, 3.63) is 64.1 Å². The minimum absolute atomic E-state index is 0.0329. The van der Waals surface area contributed by atoms with Crippen molar-refractivity contribution >= 4 is 23.5 Å². The van der Waals surface area contributed by atoms with Crippen molar-refractivity contribution in [2.75, 3.05) is 36.0 Å². The molecule has 190 valence electrons. The number of piperidine rings is 1. The third-order valence-corrected chi connectivity index (χ3v) is 7.28. The van der Waals surface area contributed by atoms with Crippen LogP contribution in [0, 0.1) is 12.8 Å². The second-order valence-electron chi connectivity index (χ2n) is 9.66. The lowest BCUT2D eigenvalue weighted by Crippen LogP contribution is -2.39. The summed E-state index contributed by atoms with van der Waals surface area (Å²) in [6.45, 7) is 6.96. The lowest BCUT2D eigenvalue weighted by molar-refractivity contribution is 0.132. The Labute approximate surface area is 215 Å². The number of rotatable bonds is 6. The smallest absolute Gasteiger partial charge is 0.250 e. The van der Waals surface area contributed by atoms with Gasteiger partial charge < -0.3 is 24.8 Å². The van der Waals surface area contributed by atoms with E-state index in [9.17, 15) is 4.79 Å². The zero-order valence-corrected chi connectivity index (χ0v) is 21.3. The Hall–Kier alpha value is -3.24. The summed E-state index contributed by atoms with van der Waals surface area (Å²) in [6, 6.07) is 3.09. The molecule has 0 amide bonds. The highest BCUT2D eigenvalue weighted by atomic mass is 35.5. The van der Waals surface area contributed by atoms with E-state index in [-0.39, 0.29) is 23.7 Å². The Morgan fingerprint density at radius 3 is 2.33 bits per heavy atom. The zero-order chi connectivity index (χ0) is 25.2. The first-order chi connectivity index (χ1) is 17.4. The van der Waals surface area contributed by atoms with Crippen molar-refractivity contribution in [2.45, 2.75) is 44.9 Å². The van der Waals surface area contributed by atoms with Crippen LogP contribution in [0.2, 0.25) is 5.02 Å². The highest BCUT2D eigenvalue weighted by Gasteiger charge is 2.33. The van der Waals surface area contributed by atoms with Crippen LogP contribution in [-0.4, -0.2) is 62.8 Å². The maximum atomic E-state index is 12.4. The summed E-state index contributed by atoms with van der Waals surface area (Å²) in [5.41, 5.74) is 7.37. The highest BCUT2D eigenvalue weighted by molar-refractivity contribution is 6.30. The first kappa shape index (κ1) is 24.5. The molecule has 3 unspecified atom stereocenters. The summed E-state index contributed by atoms with van der Waals surface area (Å²) in [6.07, 6.45) is 10.6. The van der Waals surface area contributed by atoms with Gasteiger partial charge in [0.2, 0.25) is 11.9 Å². The van der Waals surface area contributed by atoms with Crippen LogP contribution in [0.3, 0.4) is 0 Å². The molecule has 36 heavy (non-hydrogen) atoms. The van der Waals surface area contributed by atoms with Crippen molar-refractivity contribution in [3.8, 4) is 5.75 Å². The molecule has 2 saturated heterocycles. The van der Waals surface area contributed by atoms with E-state index in [1.165, 1.54) is 0 Å². The lowest BCUT2D eigenvalue weighted by Gasteiger charge is -2.34. The number of aromatic nitrogens is 5. The van der Waals surface area contributed by atoms with Crippen LogP contribution in [0.15, 0.2) is 47.9 Å². The minimum Gasteiger partial charge on any atom is -0.487 e. The zero-order valence-electron chi connectivity index (χ0n) is 20.5. The number of ether oxygens (including phenoxy) is 1. The average molecular weight is 511 g/mol. The van der Waals surface area contributed by atoms with Gasteiger partial charge in [-0.2, -0.15) is 0 Å². The molecule has 5 heterocycles. The summed E-state index contributed by atoms with van der Waals surface area (Å²) in [7, 11) is 0. The fraction of sp³-hybridized carbons (Fsp3) is 0.480. The fourth-order valence-electron chi connectivity index (χ4n) is 5.03. The molecule has 2 aliphatic heterocycles. The highest BCUT2D eigenvalue weighted by Crippen LogP contribution is 2.27. The van der Waals surface area contributed by atoms with Gasteiger partial charge in [-0.3, -0.25) is 4.79 Å². The molecule has 3 aromatic heterocycles. The number of nitrogens with two attached hydrogens (primary N) is 1. The Balaban J connectivity index is 1.16. The molecular weight excluding hydrogens is 480 g/mol. The van der Waals surface area contributed by atoms with E-state index in [1.807, 2.05) is 24.1 Å². The molecule has 0 bridgehead atoms. The van der Waals surface area contributed by atoms with Crippen molar-refractivity contribution < 1.29 is 4.74 Å². The van der Waals surface area contributed by atoms with E-state index < -0.39 is 0 Å². The largest absolute Gasteiger partial charge is 0.487 e. The average Bonchev–Trinajstić information content (AvgIpc) is 3.27. The van der Waals surface area contributed by atoms with Crippen molar-refractivity contribution in [2.24, 2.45) is 11.7 Å². The molecule has 2 N–H and O–H groups in total. The Bertz CT molecular complexity index is 1230. The maximum Gasteiger partial charge on any atom is 0.250 e. The van der Waals surface area contributed by atoms with Crippen molar-refractivity contribution in [1.82, 2.24) is 24.5 Å². The third-order valence-electron chi connectivity index (χ3n) is 7.09. The van der Waals surface area contributed by atoms with Gasteiger partial charge in [-0.05, 0) is 38.2 Å². The monoisotopic (exact) mass is 510 g/mol. The van der Waals surface area contributed by atoms with Crippen molar-refractivity contribution in [3.63, 3.8) is 0 Å². The van der Waals surface area contributed by atoms with Gasteiger partial charge in [0.25, 0.3) is 5.56 Å². The third kappa shape index (κ3) is 5.29. The molecule has 2 fully saturated rings. The molecular formula is C25H31ClN8O2. The fourth-order valence-corrected chi connectivity index (χ4v) is 5.12. The predicted octanol–water partition coefficient (Wildman–Crippen LogP) is 2.46. The number of pyridine rings is 1. The number of hydrogen-bond acceptors (Lipinski definition) is 9. The Morgan fingerprint density at radius 2 is 1.64 bits per heavy atom. The van der Waals surface area contributed by atoms with Crippen LogP contribution in [0.25, 0.3) is 0 Å². The quantitative estimate of drug-likeness (QED) is 0.533. The molecule has 10 nitrogen and oxygen atoms in total. The predicted molar refractivity (Wildman–Crippen MR) is 139 cm³/mol. The van der Waals surface area contributed by atoms with Crippen LogP contribution in [0.1, 0.15) is 31.4 Å². The molecule has 0 spiro atoms. The number of nitrogens with zero attached hydrogens (tertiary/aromatic N) is 7. The van der Waals surface area contributed by atoms with Gasteiger partial charge in [0.1, 0.15) is 0 Å². The van der Waals surface area contributed by atoms with E-state index in [0.29, 0.717) is 41.7 Å². The van der Waals surface area contributed by atoms with Crippen LogP contribution < -0.4 is 25.8 Å². The number of halogens is 1. The van der Waals surface area contributed by atoms with Crippen LogP contribution in [0.5, 0.6) is 5.75 Å². The minimum atomic E-state index is -0.187. The molecule has 0 aliphatic carbocycles. The van der Waals surface area contributed by atoms with Gasteiger partial charge in [0.05, 0.1) is 42.0 Å². The van der Waals surface area contributed by atoms with E-state index in [0.717, 1.165) is 31.5 Å². The summed E-state index contributed by atoms with van der Waals surface area (Å²) < 4.78 is 7.91. The maximum absolute atomic E-state index is 12.4. The van der Waals surface area contributed by atoms with Gasteiger partial charge in [0.15, 0.2) is 5.75 Å². The van der Waals surface area contributed by atoms with E-state index in [1.54, 1.807) is 35.4 Å². The van der Waals surface area contributed by atoms with E-state index in [4.69, 9.17) is 22.1 Å². The SMILES string of the molecule is Cc1ccc(=O)n(C2CN(c3ncc(OC(C)C4CCN(c5ncc(Cl)cn5)CC4)cn3)CC2N)c1. The Kier molecular flexibility index (Phi) is 7.06. The van der Waals surface area contributed by atoms with Crippen molar-refractivity contribution in [1.29, 1.82) is 0 Å². The molecule has 0 saturated carbocycles. The molecule has 5 rings (SSSR count). The van der Waals surface area contributed by atoms with Gasteiger partial charge in [-0.15, -0.1) is 0 Å².